The van der Waals surface area contributed by atoms with Crippen molar-refractivity contribution in [1.82, 2.24) is 0 Å². The summed E-state index contributed by atoms with van der Waals surface area (Å²) in [6, 6.07) is 0. The molecule has 0 saturated carbocycles. The maximum absolute atomic E-state index is 5.65. The molecule has 308 valence electrons. The average Bonchev–Trinajstić information content (AvgIpc) is 3.14. The molecule has 0 heterocycles. The van der Waals surface area contributed by atoms with Crippen molar-refractivity contribution in [3.8, 4) is 0 Å². The van der Waals surface area contributed by atoms with Crippen LogP contribution in [0.15, 0.2) is 0 Å². The van der Waals surface area contributed by atoms with E-state index in [0.29, 0.717) is 145 Å². The van der Waals surface area contributed by atoms with Gasteiger partial charge in [0.15, 0.2) is 0 Å². The van der Waals surface area contributed by atoms with Gasteiger partial charge in [0, 0.05) is 13.2 Å². The first-order valence-corrected chi connectivity index (χ1v) is 20.3. The molecule has 0 rings (SSSR count). The molecule has 0 aromatic carbocycles. The van der Waals surface area contributed by atoms with E-state index in [4.69, 9.17) is 56.8 Å². The van der Waals surface area contributed by atoms with Crippen molar-refractivity contribution in [2.45, 2.75) is 97.3 Å². The van der Waals surface area contributed by atoms with Crippen molar-refractivity contribution in [2.75, 3.05) is 159 Å². The second kappa shape index (κ2) is 49.5. The van der Waals surface area contributed by atoms with Gasteiger partial charge in [0.25, 0.3) is 0 Å². The van der Waals surface area contributed by atoms with Crippen LogP contribution >= 0.6 is 0 Å². The van der Waals surface area contributed by atoms with Crippen LogP contribution in [-0.2, 0) is 56.8 Å². The molecule has 0 N–H and O–H groups in total. The largest absolute Gasteiger partial charge is 0.379 e. The Morgan fingerprint density at radius 2 is 0.294 bits per heavy atom. The second-order valence-corrected chi connectivity index (χ2v) is 12.2. The standard InChI is InChI=1S/C39H80O12/c1-3-5-7-8-9-10-11-12-13-15-17-41-19-21-43-23-25-45-27-29-47-31-33-49-35-37-51-39-38-50-36-34-48-32-30-46-28-26-44-24-22-42-20-18-40-16-14-6-4-2/h3-39H2,1-2H3. The first kappa shape index (κ1) is 50.5. The fraction of sp³-hybridized carbons (Fsp3) is 1.00. The zero-order valence-corrected chi connectivity index (χ0v) is 33.1. The minimum Gasteiger partial charge on any atom is -0.379 e. The fourth-order valence-electron chi connectivity index (χ4n) is 4.67. The predicted molar refractivity (Wildman–Crippen MR) is 201 cm³/mol. The van der Waals surface area contributed by atoms with Gasteiger partial charge in [-0.15, -0.1) is 0 Å². The molecule has 0 saturated heterocycles. The van der Waals surface area contributed by atoms with Crippen molar-refractivity contribution >= 4 is 0 Å². The van der Waals surface area contributed by atoms with E-state index in [2.05, 4.69) is 13.8 Å². The number of hydrogen-bond donors (Lipinski definition) is 0. The van der Waals surface area contributed by atoms with Gasteiger partial charge in [-0.1, -0.05) is 84.5 Å². The average molecular weight is 741 g/mol. The molecular formula is C39H80O12. The minimum absolute atomic E-state index is 0.522. The highest BCUT2D eigenvalue weighted by atomic mass is 16.6. The molecule has 0 amide bonds. The molecule has 0 fully saturated rings. The van der Waals surface area contributed by atoms with Crippen LogP contribution in [0, 0.1) is 0 Å². The highest BCUT2D eigenvalue weighted by Gasteiger charge is 1.98. The molecule has 0 aromatic heterocycles. The molecular weight excluding hydrogens is 660 g/mol. The normalized spacial score (nSPS) is 11.6. The van der Waals surface area contributed by atoms with Crippen LogP contribution in [0.5, 0.6) is 0 Å². The van der Waals surface area contributed by atoms with Gasteiger partial charge < -0.3 is 56.8 Å². The van der Waals surface area contributed by atoms with Gasteiger partial charge in [-0.25, -0.2) is 0 Å². The lowest BCUT2D eigenvalue weighted by atomic mass is 10.1. The van der Waals surface area contributed by atoms with E-state index in [9.17, 15) is 0 Å². The first-order chi connectivity index (χ1) is 25.4. The molecule has 0 bridgehead atoms. The van der Waals surface area contributed by atoms with Crippen molar-refractivity contribution in [1.29, 1.82) is 0 Å². The van der Waals surface area contributed by atoms with Crippen LogP contribution in [-0.4, -0.2) is 159 Å². The Kier molecular flexibility index (Phi) is 49.1. The van der Waals surface area contributed by atoms with E-state index in [1.54, 1.807) is 0 Å². The van der Waals surface area contributed by atoms with Crippen molar-refractivity contribution < 1.29 is 56.8 Å². The maximum Gasteiger partial charge on any atom is 0.0701 e. The van der Waals surface area contributed by atoms with Gasteiger partial charge in [0.05, 0.1) is 145 Å². The molecule has 0 atom stereocenters. The molecule has 51 heavy (non-hydrogen) atoms. The van der Waals surface area contributed by atoms with Crippen LogP contribution in [0.4, 0.5) is 0 Å². The zero-order valence-electron chi connectivity index (χ0n) is 33.1. The zero-order chi connectivity index (χ0) is 36.6. The summed E-state index contributed by atoms with van der Waals surface area (Å²) >= 11 is 0. The third kappa shape index (κ3) is 49.5. The summed E-state index contributed by atoms with van der Waals surface area (Å²) in [5, 5.41) is 0. The molecule has 0 spiro atoms. The van der Waals surface area contributed by atoms with Gasteiger partial charge >= 0.3 is 0 Å². The van der Waals surface area contributed by atoms with Crippen molar-refractivity contribution in [2.24, 2.45) is 0 Å². The summed E-state index contributed by atoms with van der Waals surface area (Å²) in [7, 11) is 0. The van der Waals surface area contributed by atoms with Crippen LogP contribution < -0.4 is 0 Å². The molecule has 0 aliphatic carbocycles. The molecule has 0 unspecified atom stereocenters. The van der Waals surface area contributed by atoms with Gasteiger partial charge in [-0.2, -0.15) is 0 Å². The van der Waals surface area contributed by atoms with Crippen molar-refractivity contribution in [3.63, 3.8) is 0 Å². The summed E-state index contributed by atoms with van der Waals surface area (Å²) in [4.78, 5) is 0. The Labute approximate surface area is 312 Å². The summed E-state index contributed by atoms with van der Waals surface area (Å²) in [6.07, 6.45) is 17.0. The fourth-order valence-corrected chi connectivity index (χ4v) is 4.67. The topological polar surface area (TPSA) is 111 Å². The molecule has 12 nitrogen and oxygen atoms in total. The Balaban J connectivity index is 3.04. The van der Waals surface area contributed by atoms with E-state index >= 15 is 0 Å². The van der Waals surface area contributed by atoms with Crippen LogP contribution in [0.2, 0.25) is 0 Å². The lowest BCUT2D eigenvalue weighted by molar-refractivity contribution is -0.0284. The smallest absolute Gasteiger partial charge is 0.0701 e. The highest BCUT2D eigenvalue weighted by Crippen LogP contribution is 2.10. The summed E-state index contributed by atoms with van der Waals surface area (Å²) in [5.74, 6) is 0. The molecule has 0 aliphatic heterocycles. The number of ether oxygens (including phenoxy) is 12. The SMILES string of the molecule is CCCCCCCCCCCCOCCOCCOCCOCCOCCOCCOCCOCCOCCOCCOCCOCCCCC. The number of unbranched alkanes of at least 4 members (excludes halogenated alkanes) is 11. The molecule has 12 heteroatoms. The van der Waals surface area contributed by atoms with Gasteiger partial charge in [0.1, 0.15) is 0 Å². The third-order valence-corrected chi connectivity index (χ3v) is 7.63. The monoisotopic (exact) mass is 741 g/mol. The lowest BCUT2D eigenvalue weighted by Crippen LogP contribution is -2.15. The third-order valence-electron chi connectivity index (χ3n) is 7.63. The maximum atomic E-state index is 5.65. The lowest BCUT2D eigenvalue weighted by Gasteiger charge is -2.09. The van der Waals surface area contributed by atoms with Crippen LogP contribution in [0.1, 0.15) is 97.3 Å². The summed E-state index contributed by atoms with van der Waals surface area (Å²) in [6.45, 7) is 18.3. The second-order valence-electron chi connectivity index (χ2n) is 12.2. The van der Waals surface area contributed by atoms with Crippen LogP contribution in [0.3, 0.4) is 0 Å². The number of rotatable bonds is 48. The minimum atomic E-state index is 0.522. The first-order valence-electron chi connectivity index (χ1n) is 20.3. The predicted octanol–water partition coefficient (Wildman–Crippen LogP) is 6.30. The van der Waals surface area contributed by atoms with E-state index < -0.39 is 0 Å². The molecule has 0 aromatic rings. The van der Waals surface area contributed by atoms with Gasteiger partial charge in [0.2, 0.25) is 0 Å². The number of hydrogen-bond acceptors (Lipinski definition) is 12. The summed E-state index contributed by atoms with van der Waals surface area (Å²) in [5.41, 5.74) is 0. The van der Waals surface area contributed by atoms with Crippen LogP contribution in [0.25, 0.3) is 0 Å². The van der Waals surface area contributed by atoms with E-state index in [-0.39, 0.29) is 0 Å². The highest BCUT2D eigenvalue weighted by molar-refractivity contribution is 4.48. The summed E-state index contributed by atoms with van der Waals surface area (Å²) < 4.78 is 66.2. The van der Waals surface area contributed by atoms with Gasteiger partial charge in [-0.3, -0.25) is 0 Å². The Morgan fingerprint density at radius 1 is 0.157 bits per heavy atom. The van der Waals surface area contributed by atoms with Crippen molar-refractivity contribution in [3.05, 3.63) is 0 Å². The van der Waals surface area contributed by atoms with E-state index in [1.807, 2.05) is 0 Å². The van der Waals surface area contributed by atoms with E-state index in [0.717, 1.165) is 26.1 Å². The molecule has 0 aliphatic rings. The Bertz CT molecular complexity index is 542. The van der Waals surface area contributed by atoms with Gasteiger partial charge in [-0.05, 0) is 12.8 Å². The molecule has 0 radical (unpaired) electrons. The quantitative estimate of drug-likeness (QED) is 0.0654. The Morgan fingerprint density at radius 3 is 0.510 bits per heavy atom. The Hall–Kier alpha value is -0.480. The van der Waals surface area contributed by atoms with E-state index in [1.165, 1.54) is 70.6 Å².